The molecule has 0 amide bonds. The normalized spacial score (nSPS) is 16.7. The molecule has 66 valence electrons. The number of hydrogen-bond acceptors (Lipinski definition) is 2. The van der Waals surface area contributed by atoms with Crippen LogP contribution >= 0.6 is 15.9 Å². The van der Waals surface area contributed by atoms with Gasteiger partial charge in [-0.2, -0.15) is 5.10 Å². The first-order chi connectivity index (χ1) is 6.33. The zero-order valence-electron chi connectivity index (χ0n) is 6.94. The molecule has 1 fully saturated rings. The highest BCUT2D eigenvalue weighted by Gasteiger charge is 2.27. The van der Waals surface area contributed by atoms with E-state index in [-0.39, 0.29) is 0 Å². The van der Waals surface area contributed by atoms with Crippen LogP contribution < -0.4 is 0 Å². The standard InChI is InChI=1S/C9H8BrN3/c10-7-3-4-13-8(5-7)11-9(12-13)6-1-2-6/h3-6H,1-2H2. The summed E-state index contributed by atoms with van der Waals surface area (Å²) in [6, 6.07) is 3.96. The molecular formula is C9H8BrN3. The van der Waals surface area contributed by atoms with Gasteiger partial charge in [0.05, 0.1) is 0 Å². The molecule has 0 saturated heterocycles. The minimum absolute atomic E-state index is 0.624. The summed E-state index contributed by atoms with van der Waals surface area (Å²) in [4.78, 5) is 4.46. The Labute approximate surface area is 83.9 Å². The Kier molecular flexibility index (Phi) is 1.47. The molecule has 13 heavy (non-hydrogen) atoms. The highest BCUT2D eigenvalue weighted by molar-refractivity contribution is 9.10. The molecule has 4 heteroatoms. The molecule has 0 atom stereocenters. The lowest BCUT2D eigenvalue weighted by atomic mass is 10.4. The first-order valence-corrected chi connectivity index (χ1v) is 5.14. The van der Waals surface area contributed by atoms with Crippen molar-refractivity contribution in [1.82, 2.24) is 14.6 Å². The summed E-state index contributed by atoms with van der Waals surface area (Å²) in [6.45, 7) is 0. The molecule has 0 radical (unpaired) electrons. The third-order valence-corrected chi connectivity index (χ3v) is 2.75. The highest BCUT2D eigenvalue weighted by Crippen LogP contribution is 2.38. The Hall–Kier alpha value is -0.900. The van der Waals surface area contributed by atoms with Crippen molar-refractivity contribution in [3.63, 3.8) is 0 Å². The minimum atomic E-state index is 0.624. The SMILES string of the molecule is Brc1ccn2nc(C3CC3)nc2c1. The van der Waals surface area contributed by atoms with Gasteiger partial charge in [-0.15, -0.1) is 0 Å². The zero-order valence-corrected chi connectivity index (χ0v) is 8.53. The van der Waals surface area contributed by atoms with Crippen LogP contribution in [0.2, 0.25) is 0 Å². The summed E-state index contributed by atoms with van der Waals surface area (Å²) >= 11 is 3.41. The van der Waals surface area contributed by atoms with Gasteiger partial charge in [0.2, 0.25) is 0 Å². The maximum absolute atomic E-state index is 4.46. The van der Waals surface area contributed by atoms with Crippen LogP contribution in [-0.4, -0.2) is 14.6 Å². The van der Waals surface area contributed by atoms with Gasteiger partial charge in [-0.3, -0.25) is 0 Å². The molecule has 3 rings (SSSR count). The molecule has 3 nitrogen and oxygen atoms in total. The maximum atomic E-state index is 4.46. The molecule has 2 aromatic heterocycles. The fourth-order valence-corrected chi connectivity index (χ4v) is 1.71. The Morgan fingerprint density at radius 1 is 1.46 bits per heavy atom. The Morgan fingerprint density at radius 3 is 3.08 bits per heavy atom. The third kappa shape index (κ3) is 1.25. The van der Waals surface area contributed by atoms with E-state index in [2.05, 4.69) is 26.0 Å². The second-order valence-corrected chi connectivity index (χ2v) is 4.31. The quantitative estimate of drug-likeness (QED) is 0.763. The summed E-state index contributed by atoms with van der Waals surface area (Å²) in [5, 5.41) is 4.40. The van der Waals surface area contributed by atoms with E-state index in [1.807, 2.05) is 22.8 Å². The van der Waals surface area contributed by atoms with E-state index in [1.54, 1.807) is 0 Å². The van der Waals surface area contributed by atoms with Crippen molar-refractivity contribution in [3.8, 4) is 0 Å². The molecule has 0 bridgehead atoms. The van der Waals surface area contributed by atoms with Crippen LogP contribution in [0, 0.1) is 0 Å². The smallest absolute Gasteiger partial charge is 0.156 e. The number of pyridine rings is 1. The second kappa shape index (κ2) is 2.54. The third-order valence-electron chi connectivity index (χ3n) is 2.26. The molecule has 2 heterocycles. The van der Waals surface area contributed by atoms with Crippen LogP contribution in [0.15, 0.2) is 22.8 Å². The first kappa shape index (κ1) is 7.50. The lowest BCUT2D eigenvalue weighted by molar-refractivity contribution is 0.877. The minimum Gasteiger partial charge on any atom is -0.221 e. The van der Waals surface area contributed by atoms with Crippen LogP contribution in [0.3, 0.4) is 0 Å². The average Bonchev–Trinajstić information content (AvgIpc) is 2.87. The van der Waals surface area contributed by atoms with E-state index in [1.165, 1.54) is 12.8 Å². The Balaban J connectivity index is 2.20. The molecule has 0 aromatic carbocycles. The van der Waals surface area contributed by atoms with Crippen molar-refractivity contribution in [3.05, 3.63) is 28.6 Å². The molecule has 0 N–H and O–H groups in total. The van der Waals surface area contributed by atoms with Gasteiger partial charge in [-0.05, 0) is 25.0 Å². The van der Waals surface area contributed by atoms with Gasteiger partial charge in [-0.1, -0.05) is 15.9 Å². The predicted octanol–water partition coefficient (Wildman–Crippen LogP) is 2.37. The van der Waals surface area contributed by atoms with Crippen molar-refractivity contribution < 1.29 is 0 Å². The largest absolute Gasteiger partial charge is 0.221 e. The van der Waals surface area contributed by atoms with E-state index in [9.17, 15) is 0 Å². The summed E-state index contributed by atoms with van der Waals surface area (Å²) < 4.78 is 2.88. The van der Waals surface area contributed by atoms with Gasteiger partial charge < -0.3 is 0 Å². The maximum Gasteiger partial charge on any atom is 0.156 e. The van der Waals surface area contributed by atoms with Gasteiger partial charge in [0.25, 0.3) is 0 Å². The van der Waals surface area contributed by atoms with Gasteiger partial charge in [0, 0.05) is 16.6 Å². The predicted molar refractivity (Wildman–Crippen MR) is 52.7 cm³/mol. The fourth-order valence-electron chi connectivity index (χ4n) is 1.39. The van der Waals surface area contributed by atoms with E-state index >= 15 is 0 Å². The lowest BCUT2D eigenvalue weighted by Crippen LogP contribution is -1.86. The van der Waals surface area contributed by atoms with Crippen LogP contribution in [-0.2, 0) is 0 Å². The monoisotopic (exact) mass is 237 g/mol. The summed E-state index contributed by atoms with van der Waals surface area (Å²) in [6.07, 6.45) is 4.42. The highest BCUT2D eigenvalue weighted by atomic mass is 79.9. The number of rotatable bonds is 1. The summed E-state index contributed by atoms with van der Waals surface area (Å²) in [5.41, 5.74) is 0.927. The van der Waals surface area contributed by atoms with Gasteiger partial charge in [0.1, 0.15) is 0 Å². The number of fused-ring (bicyclic) bond motifs is 1. The van der Waals surface area contributed by atoms with Gasteiger partial charge in [0.15, 0.2) is 11.5 Å². The van der Waals surface area contributed by atoms with Crippen molar-refractivity contribution in [2.24, 2.45) is 0 Å². The number of nitrogens with zero attached hydrogens (tertiary/aromatic N) is 3. The van der Waals surface area contributed by atoms with E-state index < -0.39 is 0 Å². The van der Waals surface area contributed by atoms with Gasteiger partial charge >= 0.3 is 0 Å². The first-order valence-electron chi connectivity index (χ1n) is 4.35. The lowest BCUT2D eigenvalue weighted by Gasteiger charge is -1.89. The van der Waals surface area contributed by atoms with Crippen molar-refractivity contribution in [1.29, 1.82) is 0 Å². The zero-order chi connectivity index (χ0) is 8.84. The van der Waals surface area contributed by atoms with Gasteiger partial charge in [-0.25, -0.2) is 9.50 Å². The summed E-state index contributed by atoms with van der Waals surface area (Å²) in [5.74, 6) is 1.62. The molecule has 0 aliphatic heterocycles. The van der Waals surface area contributed by atoms with Crippen molar-refractivity contribution >= 4 is 21.6 Å². The van der Waals surface area contributed by atoms with Crippen molar-refractivity contribution in [2.45, 2.75) is 18.8 Å². The number of hydrogen-bond donors (Lipinski definition) is 0. The number of halogens is 1. The Bertz CT molecular complexity index is 459. The van der Waals surface area contributed by atoms with E-state index in [0.717, 1.165) is 15.9 Å². The molecular weight excluding hydrogens is 230 g/mol. The van der Waals surface area contributed by atoms with Crippen LogP contribution in [0.4, 0.5) is 0 Å². The van der Waals surface area contributed by atoms with Crippen molar-refractivity contribution in [2.75, 3.05) is 0 Å². The topological polar surface area (TPSA) is 30.2 Å². The van der Waals surface area contributed by atoms with E-state index in [4.69, 9.17) is 0 Å². The van der Waals surface area contributed by atoms with E-state index in [0.29, 0.717) is 5.92 Å². The average molecular weight is 238 g/mol. The van der Waals surface area contributed by atoms with Crippen LogP contribution in [0.1, 0.15) is 24.6 Å². The molecule has 1 aliphatic carbocycles. The van der Waals surface area contributed by atoms with Crippen LogP contribution in [0.5, 0.6) is 0 Å². The van der Waals surface area contributed by atoms with Crippen LogP contribution in [0.25, 0.3) is 5.65 Å². The molecule has 0 unspecified atom stereocenters. The number of aromatic nitrogens is 3. The molecule has 2 aromatic rings. The molecule has 1 aliphatic rings. The second-order valence-electron chi connectivity index (χ2n) is 3.39. The fraction of sp³-hybridized carbons (Fsp3) is 0.333. The summed E-state index contributed by atoms with van der Waals surface area (Å²) in [7, 11) is 0. The molecule has 1 saturated carbocycles. The Morgan fingerprint density at radius 2 is 2.31 bits per heavy atom. The molecule has 0 spiro atoms.